The van der Waals surface area contributed by atoms with Gasteiger partial charge in [0, 0.05) is 13.1 Å². The van der Waals surface area contributed by atoms with Crippen LogP contribution in [0.15, 0.2) is 0 Å². The van der Waals surface area contributed by atoms with E-state index in [0.717, 1.165) is 0 Å². The molecule has 0 aromatic heterocycles. The molecule has 1 aliphatic rings. The van der Waals surface area contributed by atoms with Crippen LogP contribution in [-0.2, 0) is 9.59 Å². The van der Waals surface area contributed by atoms with Crippen LogP contribution in [0.25, 0.3) is 0 Å². The summed E-state index contributed by atoms with van der Waals surface area (Å²) in [4.78, 5) is 23.5. The molecule has 1 saturated carbocycles. The van der Waals surface area contributed by atoms with Gasteiger partial charge in [-0.2, -0.15) is 0 Å². The maximum Gasteiger partial charge on any atom is 0.307 e. The number of aliphatic hydroxyl groups is 2. The molecule has 15 heavy (non-hydrogen) atoms. The summed E-state index contributed by atoms with van der Waals surface area (Å²) < 4.78 is 0. The normalized spacial score (nSPS) is 23.6. The second-order valence-corrected chi connectivity index (χ2v) is 3.56. The second-order valence-electron chi connectivity index (χ2n) is 3.56. The van der Waals surface area contributed by atoms with Crippen molar-refractivity contribution < 1.29 is 24.9 Å². The largest absolute Gasteiger partial charge is 0.481 e. The SMILES string of the molecule is O=C(O)[C@H]1C[C@H]1C(=O)N(CCO)CCO. The Bertz CT molecular complexity index is 249. The van der Waals surface area contributed by atoms with Gasteiger partial charge in [-0.05, 0) is 6.42 Å². The summed E-state index contributed by atoms with van der Waals surface area (Å²) in [6.07, 6.45) is 0.363. The summed E-state index contributed by atoms with van der Waals surface area (Å²) in [6, 6.07) is 0. The monoisotopic (exact) mass is 217 g/mol. The summed E-state index contributed by atoms with van der Waals surface area (Å²) in [5.74, 6) is -2.30. The summed E-state index contributed by atoms with van der Waals surface area (Å²) >= 11 is 0. The van der Waals surface area contributed by atoms with E-state index in [2.05, 4.69) is 0 Å². The lowest BCUT2D eigenvalue weighted by Gasteiger charge is -2.20. The van der Waals surface area contributed by atoms with E-state index in [4.69, 9.17) is 15.3 Å². The van der Waals surface area contributed by atoms with Gasteiger partial charge >= 0.3 is 5.97 Å². The number of hydrogen-bond acceptors (Lipinski definition) is 4. The van der Waals surface area contributed by atoms with Gasteiger partial charge in [0.2, 0.25) is 5.91 Å². The highest BCUT2D eigenvalue weighted by Crippen LogP contribution is 2.39. The van der Waals surface area contributed by atoms with Gasteiger partial charge in [-0.25, -0.2) is 0 Å². The first-order chi connectivity index (χ1) is 7.11. The van der Waals surface area contributed by atoms with Gasteiger partial charge in [0.25, 0.3) is 0 Å². The van der Waals surface area contributed by atoms with Gasteiger partial charge in [0.15, 0.2) is 0 Å². The van der Waals surface area contributed by atoms with E-state index in [-0.39, 0.29) is 32.2 Å². The second kappa shape index (κ2) is 5.09. The predicted molar refractivity (Wildman–Crippen MR) is 50.0 cm³/mol. The number of hydrogen-bond donors (Lipinski definition) is 3. The zero-order valence-corrected chi connectivity index (χ0v) is 8.30. The van der Waals surface area contributed by atoms with E-state index in [1.165, 1.54) is 4.90 Å². The summed E-state index contributed by atoms with van der Waals surface area (Å²) in [7, 11) is 0. The Kier molecular flexibility index (Phi) is 4.05. The van der Waals surface area contributed by atoms with E-state index in [1.807, 2.05) is 0 Å². The first-order valence-corrected chi connectivity index (χ1v) is 4.85. The van der Waals surface area contributed by atoms with Crippen molar-refractivity contribution in [2.45, 2.75) is 6.42 Å². The molecular formula is C9H15NO5. The minimum atomic E-state index is -0.957. The zero-order valence-electron chi connectivity index (χ0n) is 8.30. The molecular weight excluding hydrogens is 202 g/mol. The molecule has 6 nitrogen and oxygen atoms in total. The number of amides is 1. The van der Waals surface area contributed by atoms with Crippen LogP contribution < -0.4 is 0 Å². The zero-order chi connectivity index (χ0) is 11.4. The van der Waals surface area contributed by atoms with Crippen LogP contribution in [0.1, 0.15) is 6.42 Å². The molecule has 0 aliphatic heterocycles. The minimum absolute atomic E-state index is 0.141. The first kappa shape index (κ1) is 11.9. The number of carbonyl (C=O) groups is 2. The van der Waals surface area contributed by atoms with Crippen LogP contribution in [0.5, 0.6) is 0 Å². The molecule has 0 saturated heterocycles. The fourth-order valence-electron chi connectivity index (χ4n) is 1.55. The van der Waals surface area contributed by atoms with Crippen LogP contribution in [-0.4, -0.2) is 58.4 Å². The van der Waals surface area contributed by atoms with Gasteiger partial charge in [-0.3, -0.25) is 9.59 Å². The Morgan fingerprint density at radius 3 is 2.00 bits per heavy atom. The highest BCUT2D eigenvalue weighted by molar-refractivity contribution is 5.89. The lowest BCUT2D eigenvalue weighted by atomic mass is 10.2. The Hall–Kier alpha value is -1.14. The highest BCUT2D eigenvalue weighted by atomic mass is 16.4. The fourth-order valence-corrected chi connectivity index (χ4v) is 1.55. The third kappa shape index (κ3) is 2.90. The number of carboxylic acid groups (broad SMARTS) is 1. The molecule has 2 atom stereocenters. The molecule has 1 amide bonds. The Balaban J connectivity index is 2.47. The molecule has 0 bridgehead atoms. The maximum atomic E-state index is 11.6. The molecule has 6 heteroatoms. The van der Waals surface area contributed by atoms with Crippen molar-refractivity contribution >= 4 is 11.9 Å². The Labute approximate surface area is 87.1 Å². The van der Waals surface area contributed by atoms with Gasteiger partial charge in [-0.1, -0.05) is 0 Å². The lowest BCUT2D eigenvalue weighted by molar-refractivity contribution is -0.142. The van der Waals surface area contributed by atoms with E-state index >= 15 is 0 Å². The first-order valence-electron chi connectivity index (χ1n) is 4.85. The maximum absolute atomic E-state index is 11.6. The number of rotatable bonds is 6. The fraction of sp³-hybridized carbons (Fsp3) is 0.778. The number of aliphatic carboxylic acids is 1. The molecule has 0 unspecified atom stereocenters. The van der Waals surface area contributed by atoms with E-state index in [9.17, 15) is 9.59 Å². The van der Waals surface area contributed by atoms with Gasteiger partial charge in [0.05, 0.1) is 25.0 Å². The minimum Gasteiger partial charge on any atom is -0.481 e. The molecule has 86 valence electrons. The topological polar surface area (TPSA) is 98.1 Å². The van der Waals surface area contributed by atoms with Crippen LogP contribution in [0, 0.1) is 11.8 Å². The Morgan fingerprint density at radius 1 is 1.13 bits per heavy atom. The Morgan fingerprint density at radius 2 is 1.67 bits per heavy atom. The average Bonchev–Trinajstić information content (AvgIpc) is 2.96. The molecule has 0 radical (unpaired) electrons. The average molecular weight is 217 g/mol. The highest BCUT2D eigenvalue weighted by Gasteiger charge is 2.49. The molecule has 0 spiro atoms. The van der Waals surface area contributed by atoms with E-state index in [1.54, 1.807) is 0 Å². The molecule has 1 fully saturated rings. The summed E-state index contributed by atoms with van der Waals surface area (Å²) in [6.45, 7) is -0.0864. The van der Waals surface area contributed by atoms with Crippen molar-refractivity contribution in [1.82, 2.24) is 4.90 Å². The molecule has 1 rings (SSSR count). The van der Waals surface area contributed by atoms with E-state index in [0.29, 0.717) is 6.42 Å². The summed E-state index contributed by atoms with van der Waals surface area (Å²) in [5.41, 5.74) is 0. The van der Waals surface area contributed by atoms with Crippen molar-refractivity contribution in [3.63, 3.8) is 0 Å². The van der Waals surface area contributed by atoms with Gasteiger partial charge in [0.1, 0.15) is 0 Å². The third-order valence-electron chi connectivity index (χ3n) is 2.48. The van der Waals surface area contributed by atoms with Crippen LogP contribution in [0.3, 0.4) is 0 Å². The van der Waals surface area contributed by atoms with Crippen molar-refractivity contribution in [1.29, 1.82) is 0 Å². The standard InChI is InChI=1S/C9H15NO5/c11-3-1-10(2-4-12)8(13)6-5-7(6)9(14)15/h6-7,11-12H,1-5H2,(H,14,15)/t6-,7+/m1/s1. The van der Waals surface area contributed by atoms with Crippen LogP contribution in [0.2, 0.25) is 0 Å². The van der Waals surface area contributed by atoms with Crippen LogP contribution in [0.4, 0.5) is 0 Å². The van der Waals surface area contributed by atoms with Crippen LogP contribution >= 0.6 is 0 Å². The quantitative estimate of drug-likeness (QED) is 0.504. The number of carboxylic acids is 1. The van der Waals surface area contributed by atoms with Crippen molar-refractivity contribution in [3.05, 3.63) is 0 Å². The van der Waals surface area contributed by atoms with Crippen molar-refractivity contribution in [2.24, 2.45) is 11.8 Å². The molecule has 0 heterocycles. The van der Waals surface area contributed by atoms with E-state index < -0.39 is 17.8 Å². The molecule has 0 aromatic rings. The van der Waals surface area contributed by atoms with Gasteiger partial charge in [-0.15, -0.1) is 0 Å². The lowest BCUT2D eigenvalue weighted by Crippen LogP contribution is -2.37. The van der Waals surface area contributed by atoms with Crippen molar-refractivity contribution in [2.75, 3.05) is 26.3 Å². The van der Waals surface area contributed by atoms with Gasteiger partial charge < -0.3 is 20.2 Å². The molecule has 3 N–H and O–H groups in total. The summed E-state index contributed by atoms with van der Waals surface area (Å²) in [5, 5.41) is 26.0. The van der Waals surface area contributed by atoms with Crippen molar-refractivity contribution in [3.8, 4) is 0 Å². The predicted octanol–water partition coefficient (Wildman–Crippen LogP) is -1.48. The third-order valence-corrected chi connectivity index (χ3v) is 2.48. The smallest absolute Gasteiger partial charge is 0.307 e. The number of nitrogens with zero attached hydrogens (tertiary/aromatic N) is 1. The molecule has 0 aromatic carbocycles. The number of aliphatic hydroxyl groups excluding tert-OH is 2. The molecule has 1 aliphatic carbocycles. The number of carbonyl (C=O) groups excluding carboxylic acids is 1.